The number of nitrogens with zero attached hydrogens (tertiary/aromatic N) is 3. The maximum atomic E-state index is 12.1. The highest BCUT2D eigenvalue weighted by atomic mass is 16.2. The highest BCUT2D eigenvalue weighted by Crippen LogP contribution is 2.10. The Balaban J connectivity index is 1.69. The third kappa shape index (κ3) is 3.05. The van der Waals surface area contributed by atoms with Crippen LogP contribution in [0.5, 0.6) is 0 Å². The van der Waals surface area contributed by atoms with Crippen molar-refractivity contribution in [1.29, 1.82) is 0 Å². The Morgan fingerprint density at radius 1 is 1.43 bits per heavy atom. The second kappa shape index (κ2) is 5.97. The molecule has 21 heavy (non-hydrogen) atoms. The first-order valence-electron chi connectivity index (χ1n) is 6.98. The average Bonchev–Trinajstić information content (AvgIpc) is 2.53. The van der Waals surface area contributed by atoms with Crippen molar-refractivity contribution in [1.82, 2.24) is 25.6 Å². The molecule has 0 bridgehead atoms. The van der Waals surface area contributed by atoms with Crippen LogP contribution in [-0.2, 0) is 19.5 Å². The molecule has 0 spiro atoms. The minimum Gasteiger partial charge on any atom is -0.344 e. The van der Waals surface area contributed by atoms with E-state index in [4.69, 9.17) is 0 Å². The van der Waals surface area contributed by atoms with E-state index in [0.717, 1.165) is 42.0 Å². The maximum Gasteiger partial charge on any atom is 0.289 e. The van der Waals surface area contributed by atoms with Crippen LogP contribution in [0.3, 0.4) is 0 Å². The van der Waals surface area contributed by atoms with Gasteiger partial charge in [-0.05, 0) is 18.6 Å². The third-order valence-corrected chi connectivity index (χ3v) is 3.55. The van der Waals surface area contributed by atoms with Gasteiger partial charge >= 0.3 is 0 Å². The summed E-state index contributed by atoms with van der Waals surface area (Å²) in [5, 5.41) is 6.07. The number of nitrogens with one attached hydrogen (secondary N) is 2. The molecule has 2 aromatic rings. The molecule has 1 aliphatic heterocycles. The number of amides is 1. The number of aromatic nitrogens is 3. The second-order valence-corrected chi connectivity index (χ2v) is 5.04. The van der Waals surface area contributed by atoms with Gasteiger partial charge in [-0.3, -0.25) is 9.78 Å². The molecule has 0 unspecified atom stereocenters. The van der Waals surface area contributed by atoms with Crippen LogP contribution in [0.1, 0.15) is 33.1 Å². The number of carbonyl (C=O) groups excluding carboxylic acids is 1. The van der Waals surface area contributed by atoms with Gasteiger partial charge in [-0.2, -0.15) is 0 Å². The molecular weight excluding hydrogens is 266 g/mol. The number of hydrogen-bond donors (Lipinski definition) is 2. The summed E-state index contributed by atoms with van der Waals surface area (Å²) < 4.78 is 0. The van der Waals surface area contributed by atoms with Crippen LogP contribution in [0.15, 0.2) is 24.5 Å². The Morgan fingerprint density at radius 2 is 2.33 bits per heavy atom. The van der Waals surface area contributed by atoms with E-state index >= 15 is 0 Å². The Morgan fingerprint density at radius 3 is 3.19 bits per heavy atom. The molecule has 3 rings (SSSR count). The maximum absolute atomic E-state index is 12.1. The first kappa shape index (κ1) is 13.6. The van der Waals surface area contributed by atoms with Crippen molar-refractivity contribution in [3.63, 3.8) is 0 Å². The van der Waals surface area contributed by atoms with Crippen molar-refractivity contribution >= 4 is 5.91 Å². The van der Waals surface area contributed by atoms with Crippen LogP contribution in [0, 0.1) is 6.92 Å². The summed E-state index contributed by atoms with van der Waals surface area (Å²) in [5.74, 6) is -0.0365. The highest BCUT2D eigenvalue weighted by Gasteiger charge is 2.15. The third-order valence-electron chi connectivity index (χ3n) is 3.55. The predicted molar refractivity (Wildman–Crippen MR) is 77.6 cm³/mol. The van der Waals surface area contributed by atoms with E-state index in [0.29, 0.717) is 6.54 Å². The van der Waals surface area contributed by atoms with Crippen molar-refractivity contribution in [2.24, 2.45) is 0 Å². The zero-order chi connectivity index (χ0) is 14.7. The fraction of sp³-hybridized carbons (Fsp3) is 0.333. The molecule has 6 nitrogen and oxygen atoms in total. The second-order valence-electron chi connectivity index (χ2n) is 5.04. The summed E-state index contributed by atoms with van der Waals surface area (Å²) in [7, 11) is 0. The lowest BCUT2D eigenvalue weighted by atomic mass is 10.1. The molecule has 0 fully saturated rings. The van der Waals surface area contributed by atoms with Crippen molar-refractivity contribution in [2.45, 2.75) is 26.4 Å². The lowest BCUT2D eigenvalue weighted by molar-refractivity contribution is 0.0939. The molecule has 108 valence electrons. The van der Waals surface area contributed by atoms with E-state index in [-0.39, 0.29) is 11.7 Å². The normalized spacial score (nSPS) is 13.6. The molecule has 6 heteroatoms. The molecule has 2 aromatic heterocycles. The zero-order valence-electron chi connectivity index (χ0n) is 11.9. The first-order chi connectivity index (χ1) is 10.2. The summed E-state index contributed by atoms with van der Waals surface area (Å²) >= 11 is 0. The molecule has 1 aliphatic rings. The molecule has 0 saturated carbocycles. The largest absolute Gasteiger partial charge is 0.344 e. The topological polar surface area (TPSA) is 79.8 Å². The first-order valence-corrected chi connectivity index (χ1v) is 6.98. The van der Waals surface area contributed by atoms with Crippen LogP contribution in [0.25, 0.3) is 0 Å². The predicted octanol–water partition coefficient (Wildman–Crippen LogP) is 0.756. The van der Waals surface area contributed by atoms with E-state index in [1.54, 1.807) is 12.4 Å². The lowest BCUT2D eigenvalue weighted by Gasteiger charge is -2.15. The summed E-state index contributed by atoms with van der Waals surface area (Å²) in [6.45, 7) is 4.01. The fourth-order valence-corrected chi connectivity index (χ4v) is 2.29. The van der Waals surface area contributed by atoms with Crippen LogP contribution in [0.4, 0.5) is 0 Å². The van der Waals surface area contributed by atoms with E-state index in [1.807, 2.05) is 19.1 Å². The Hall–Kier alpha value is -2.34. The molecule has 0 atom stereocenters. The molecule has 0 radical (unpaired) electrons. The van der Waals surface area contributed by atoms with Crippen molar-refractivity contribution in [2.75, 3.05) is 6.54 Å². The Kier molecular flexibility index (Phi) is 3.87. The zero-order valence-corrected chi connectivity index (χ0v) is 11.9. The van der Waals surface area contributed by atoms with Gasteiger partial charge < -0.3 is 10.6 Å². The van der Waals surface area contributed by atoms with Crippen LogP contribution in [0.2, 0.25) is 0 Å². The van der Waals surface area contributed by atoms with E-state index < -0.39 is 0 Å². The smallest absolute Gasteiger partial charge is 0.289 e. The molecule has 3 heterocycles. The molecule has 0 aliphatic carbocycles. The summed E-state index contributed by atoms with van der Waals surface area (Å²) in [6, 6.07) is 3.85. The quantitative estimate of drug-likeness (QED) is 0.869. The minimum atomic E-state index is -0.263. The fourth-order valence-electron chi connectivity index (χ4n) is 2.29. The van der Waals surface area contributed by atoms with Crippen molar-refractivity contribution in [3.05, 3.63) is 52.9 Å². The van der Waals surface area contributed by atoms with Gasteiger partial charge in [-0.1, -0.05) is 6.07 Å². The number of aryl methyl sites for hydroxylation is 1. The van der Waals surface area contributed by atoms with Crippen molar-refractivity contribution in [3.8, 4) is 0 Å². The Bertz CT molecular complexity index is 671. The lowest BCUT2D eigenvalue weighted by Crippen LogP contribution is -2.29. The van der Waals surface area contributed by atoms with Gasteiger partial charge in [0.2, 0.25) is 5.82 Å². The van der Waals surface area contributed by atoms with Crippen LogP contribution >= 0.6 is 0 Å². The van der Waals surface area contributed by atoms with Gasteiger partial charge in [-0.15, -0.1) is 0 Å². The number of pyridine rings is 1. The van der Waals surface area contributed by atoms with E-state index in [9.17, 15) is 4.79 Å². The summed E-state index contributed by atoms with van der Waals surface area (Å²) in [6.07, 6.45) is 4.28. The number of rotatable bonds is 3. The van der Waals surface area contributed by atoms with E-state index in [1.165, 1.54) is 0 Å². The van der Waals surface area contributed by atoms with Gasteiger partial charge in [0.1, 0.15) is 0 Å². The van der Waals surface area contributed by atoms with Gasteiger partial charge in [0, 0.05) is 37.5 Å². The van der Waals surface area contributed by atoms with Crippen LogP contribution < -0.4 is 10.6 Å². The minimum absolute atomic E-state index is 0.226. The SMILES string of the molecule is Cc1cccnc1CNC(=O)c1ncc2c(n1)CCNC2. The molecule has 1 amide bonds. The Labute approximate surface area is 123 Å². The highest BCUT2D eigenvalue weighted by molar-refractivity contribution is 5.90. The monoisotopic (exact) mass is 283 g/mol. The summed E-state index contributed by atoms with van der Waals surface area (Å²) in [5.41, 5.74) is 3.93. The van der Waals surface area contributed by atoms with Gasteiger partial charge in [-0.25, -0.2) is 9.97 Å². The van der Waals surface area contributed by atoms with Gasteiger partial charge in [0.15, 0.2) is 0 Å². The van der Waals surface area contributed by atoms with Gasteiger partial charge in [0.05, 0.1) is 17.9 Å². The summed E-state index contributed by atoms with van der Waals surface area (Å²) in [4.78, 5) is 24.9. The van der Waals surface area contributed by atoms with Crippen LogP contribution in [-0.4, -0.2) is 27.4 Å². The molecular formula is C15H17N5O. The molecule has 0 saturated heterocycles. The van der Waals surface area contributed by atoms with E-state index in [2.05, 4.69) is 25.6 Å². The number of hydrogen-bond acceptors (Lipinski definition) is 5. The molecule has 0 aromatic carbocycles. The number of fused-ring (bicyclic) bond motifs is 1. The van der Waals surface area contributed by atoms with Crippen molar-refractivity contribution < 1.29 is 4.79 Å². The molecule has 2 N–H and O–H groups in total. The van der Waals surface area contributed by atoms with Gasteiger partial charge in [0.25, 0.3) is 5.91 Å². The average molecular weight is 283 g/mol. The standard InChI is InChI=1S/C15H17N5O/c1-10-3-2-5-17-13(10)9-19-15(21)14-18-8-11-7-16-6-4-12(11)20-14/h2-3,5,8,16H,4,6-7,9H2,1H3,(H,19,21). The number of carbonyl (C=O) groups is 1.